The Kier molecular flexibility index (Phi) is 8.88. The van der Waals surface area contributed by atoms with Crippen molar-refractivity contribution < 1.29 is 31.8 Å². The number of alkyl halides is 4. The lowest BCUT2D eigenvalue weighted by molar-refractivity contribution is 0.0735. The monoisotopic (exact) mass is 512 g/mol. The van der Waals surface area contributed by atoms with Crippen LogP contribution in [0.1, 0.15) is 31.2 Å². The number of methoxy groups -OCH3 is 2. The molecule has 1 N–H and O–H groups in total. The lowest BCUT2D eigenvalue weighted by atomic mass is 10.1. The molecule has 2 amide bonds. The molecule has 36 heavy (non-hydrogen) atoms. The first-order chi connectivity index (χ1) is 17.2. The minimum atomic E-state index is -2.97. The number of imidazole rings is 1. The van der Waals surface area contributed by atoms with Crippen LogP contribution in [-0.4, -0.2) is 69.9 Å². The Morgan fingerprint density at radius 3 is 2.50 bits per heavy atom. The summed E-state index contributed by atoms with van der Waals surface area (Å²) < 4.78 is 64.1. The second kappa shape index (κ2) is 11.9. The molecule has 9 nitrogen and oxygen atoms in total. The van der Waals surface area contributed by atoms with Gasteiger partial charge in [-0.1, -0.05) is 0 Å². The molecular weight excluding hydrogens is 484 g/mol. The molecule has 1 atom stereocenters. The number of amides is 2. The van der Waals surface area contributed by atoms with Gasteiger partial charge in [0, 0.05) is 30.9 Å². The first-order valence-electron chi connectivity index (χ1n) is 11.2. The Hall–Kier alpha value is -3.64. The zero-order valence-electron chi connectivity index (χ0n) is 20.3. The summed E-state index contributed by atoms with van der Waals surface area (Å²) >= 11 is 0. The lowest BCUT2D eigenvalue weighted by Crippen LogP contribution is -2.47. The van der Waals surface area contributed by atoms with Crippen LogP contribution in [0.3, 0.4) is 0 Å². The summed E-state index contributed by atoms with van der Waals surface area (Å²) in [6, 6.07) is -0.804. The quantitative estimate of drug-likeness (QED) is 0.385. The van der Waals surface area contributed by atoms with E-state index in [0.717, 1.165) is 5.69 Å². The van der Waals surface area contributed by atoms with E-state index >= 15 is 0 Å². The van der Waals surface area contributed by atoms with Crippen LogP contribution in [0.4, 0.5) is 22.4 Å². The van der Waals surface area contributed by atoms with Crippen LogP contribution in [-0.2, 0) is 6.54 Å². The Morgan fingerprint density at radius 1 is 1.14 bits per heavy atom. The van der Waals surface area contributed by atoms with Crippen LogP contribution in [0.25, 0.3) is 16.9 Å². The van der Waals surface area contributed by atoms with E-state index in [9.17, 15) is 22.4 Å². The van der Waals surface area contributed by atoms with Crippen molar-refractivity contribution in [2.45, 2.75) is 52.1 Å². The molecule has 196 valence electrons. The number of carbonyl (C=O) groups excluding carboxylic acids is 1. The molecule has 0 aliphatic rings. The Morgan fingerprint density at radius 2 is 1.89 bits per heavy atom. The Labute approximate surface area is 205 Å². The zero-order valence-corrected chi connectivity index (χ0v) is 20.3. The standard InChI is InChI=1S/C23H28F4N6O3/c1-5-32(23(34)31-16(20(26)27)6-7-19(24)25)11-14-8-15(18(35-3)9-28-14)17-12-33-10-13(2)29-21(33)22(30-17)36-4/h8-10,12,16,19-20H,5-7,11H2,1-4H3,(H,31,34). The van der Waals surface area contributed by atoms with E-state index in [1.807, 2.05) is 13.1 Å². The normalized spacial score (nSPS) is 12.3. The maximum Gasteiger partial charge on any atom is 0.318 e. The second-order valence-electron chi connectivity index (χ2n) is 8.00. The van der Waals surface area contributed by atoms with Crippen molar-refractivity contribution in [3.63, 3.8) is 0 Å². The number of urea groups is 1. The van der Waals surface area contributed by atoms with Crippen LogP contribution in [0, 0.1) is 6.92 Å². The highest BCUT2D eigenvalue weighted by molar-refractivity contribution is 5.75. The van der Waals surface area contributed by atoms with E-state index in [4.69, 9.17) is 9.47 Å². The minimum Gasteiger partial charge on any atom is -0.494 e. The molecule has 0 radical (unpaired) electrons. The first kappa shape index (κ1) is 27.0. The number of nitrogens with one attached hydrogen (secondary N) is 1. The van der Waals surface area contributed by atoms with Gasteiger partial charge in [-0.05, 0) is 26.3 Å². The molecule has 0 aliphatic carbocycles. The van der Waals surface area contributed by atoms with Crippen molar-refractivity contribution in [2.24, 2.45) is 0 Å². The molecule has 0 spiro atoms. The molecule has 3 aromatic rings. The molecule has 0 aliphatic heterocycles. The number of nitrogens with zero attached hydrogens (tertiary/aromatic N) is 5. The SMILES string of the molecule is CCN(Cc1cc(-c2cn3cc(C)nc3c(OC)n2)c(OC)cn1)C(=O)NC(CCC(F)F)C(F)F. The van der Waals surface area contributed by atoms with Gasteiger partial charge in [0.15, 0.2) is 0 Å². The highest BCUT2D eigenvalue weighted by Gasteiger charge is 2.26. The van der Waals surface area contributed by atoms with E-state index in [1.54, 1.807) is 23.6 Å². The average Bonchev–Trinajstić information content (AvgIpc) is 3.23. The van der Waals surface area contributed by atoms with Gasteiger partial charge in [0.05, 0.1) is 50.1 Å². The van der Waals surface area contributed by atoms with Crippen LogP contribution < -0.4 is 14.8 Å². The number of pyridine rings is 1. The van der Waals surface area contributed by atoms with E-state index in [0.29, 0.717) is 34.2 Å². The molecule has 0 fully saturated rings. The van der Waals surface area contributed by atoms with Crippen LogP contribution >= 0.6 is 0 Å². The molecule has 13 heteroatoms. The fourth-order valence-electron chi connectivity index (χ4n) is 3.63. The number of hydrogen-bond donors (Lipinski definition) is 1. The summed E-state index contributed by atoms with van der Waals surface area (Å²) in [6.07, 6.45) is -1.94. The number of aryl methyl sites for hydroxylation is 1. The molecular formula is C23H28F4N6O3. The largest absolute Gasteiger partial charge is 0.494 e. The number of halogens is 4. The molecule has 0 aromatic carbocycles. The summed E-state index contributed by atoms with van der Waals surface area (Å²) in [5.41, 5.74) is 2.81. The van der Waals surface area contributed by atoms with Gasteiger partial charge >= 0.3 is 6.03 Å². The molecule has 3 rings (SSSR count). The van der Waals surface area contributed by atoms with Crippen molar-refractivity contribution in [3.8, 4) is 22.9 Å². The first-order valence-corrected chi connectivity index (χ1v) is 11.2. The minimum absolute atomic E-state index is 0.0201. The summed E-state index contributed by atoms with van der Waals surface area (Å²) in [6.45, 7) is 3.66. The van der Waals surface area contributed by atoms with E-state index in [2.05, 4.69) is 20.3 Å². The molecule has 0 bridgehead atoms. The molecule has 3 heterocycles. The lowest BCUT2D eigenvalue weighted by Gasteiger charge is -2.25. The van der Waals surface area contributed by atoms with Gasteiger partial charge in [-0.15, -0.1) is 0 Å². The fourth-order valence-corrected chi connectivity index (χ4v) is 3.63. The van der Waals surface area contributed by atoms with Gasteiger partial charge in [0.2, 0.25) is 12.1 Å². The topological polar surface area (TPSA) is 93.9 Å². The van der Waals surface area contributed by atoms with Gasteiger partial charge in [0.25, 0.3) is 12.3 Å². The number of carbonyl (C=O) groups is 1. The van der Waals surface area contributed by atoms with Crippen molar-refractivity contribution in [1.29, 1.82) is 0 Å². The molecule has 1 unspecified atom stereocenters. The zero-order chi connectivity index (χ0) is 26.4. The fraction of sp³-hybridized carbons (Fsp3) is 0.478. The smallest absolute Gasteiger partial charge is 0.318 e. The van der Waals surface area contributed by atoms with E-state index in [1.165, 1.54) is 25.3 Å². The predicted molar refractivity (Wildman–Crippen MR) is 124 cm³/mol. The summed E-state index contributed by atoms with van der Waals surface area (Å²) in [4.78, 5) is 27.1. The van der Waals surface area contributed by atoms with Crippen molar-refractivity contribution in [2.75, 3.05) is 20.8 Å². The van der Waals surface area contributed by atoms with Crippen molar-refractivity contribution in [3.05, 3.63) is 36.0 Å². The number of aromatic nitrogens is 4. The summed E-state index contributed by atoms with van der Waals surface area (Å²) in [7, 11) is 2.96. The van der Waals surface area contributed by atoms with Gasteiger partial charge in [0.1, 0.15) is 5.75 Å². The average molecular weight is 513 g/mol. The van der Waals surface area contributed by atoms with Crippen molar-refractivity contribution >= 4 is 11.7 Å². The van der Waals surface area contributed by atoms with E-state index < -0.39 is 37.8 Å². The van der Waals surface area contributed by atoms with Gasteiger partial charge < -0.3 is 24.1 Å². The number of ether oxygens (including phenoxy) is 2. The van der Waals surface area contributed by atoms with Gasteiger partial charge in [-0.25, -0.2) is 32.3 Å². The molecule has 3 aromatic heterocycles. The molecule has 0 saturated carbocycles. The van der Waals surface area contributed by atoms with Crippen LogP contribution in [0.5, 0.6) is 11.6 Å². The summed E-state index contributed by atoms with van der Waals surface area (Å²) in [5.74, 6) is 0.721. The maximum absolute atomic E-state index is 13.3. The second-order valence-corrected chi connectivity index (χ2v) is 8.00. The van der Waals surface area contributed by atoms with Crippen LogP contribution in [0.15, 0.2) is 24.7 Å². The number of rotatable bonds is 11. The highest BCUT2D eigenvalue weighted by atomic mass is 19.3. The van der Waals surface area contributed by atoms with Crippen molar-refractivity contribution in [1.82, 2.24) is 29.6 Å². The van der Waals surface area contributed by atoms with Gasteiger partial charge in [-0.3, -0.25) is 4.98 Å². The third-order valence-corrected chi connectivity index (χ3v) is 5.47. The number of fused-ring (bicyclic) bond motifs is 1. The Bertz CT molecular complexity index is 1190. The highest BCUT2D eigenvalue weighted by Crippen LogP contribution is 2.31. The molecule has 0 saturated heterocycles. The Balaban J connectivity index is 1.87. The third kappa shape index (κ3) is 6.32. The van der Waals surface area contributed by atoms with E-state index in [-0.39, 0.29) is 13.1 Å². The van der Waals surface area contributed by atoms with Gasteiger partial charge in [-0.2, -0.15) is 0 Å². The maximum atomic E-state index is 13.3. The third-order valence-electron chi connectivity index (χ3n) is 5.47. The number of hydrogen-bond acceptors (Lipinski definition) is 6. The van der Waals surface area contributed by atoms with Crippen LogP contribution in [0.2, 0.25) is 0 Å². The summed E-state index contributed by atoms with van der Waals surface area (Å²) in [5, 5.41) is 2.16. The predicted octanol–water partition coefficient (Wildman–Crippen LogP) is 4.33.